The van der Waals surface area contributed by atoms with E-state index >= 15 is 0 Å². The molecule has 1 aromatic heterocycles. The molecule has 5 nitrogen and oxygen atoms in total. The minimum Gasteiger partial charge on any atom is -0.478 e. The molecule has 2 rings (SSSR count). The third-order valence-electron chi connectivity index (χ3n) is 4.32. The molecule has 116 valence electrons. The van der Waals surface area contributed by atoms with E-state index in [9.17, 15) is 14.7 Å². The third kappa shape index (κ3) is 3.35. The molecule has 1 aliphatic rings. The number of aromatic carboxylic acids is 1. The molecule has 1 aliphatic heterocycles. The van der Waals surface area contributed by atoms with Crippen LogP contribution in [0.15, 0.2) is 10.9 Å². The van der Waals surface area contributed by atoms with Crippen molar-refractivity contribution in [3.63, 3.8) is 0 Å². The number of hydrogen-bond acceptors (Lipinski definition) is 3. The Labute approximate surface area is 125 Å². The van der Waals surface area contributed by atoms with E-state index in [1.54, 1.807) is 18.4 Å². The summed E-state index contributed by atoms with van der Waals surface area (Å²) in [6, 6.07) is 1.41. The molecule has 0 saturated carbocycles. The monoisotopic (exact) mass is 292 g/mol. The third-order valence-corrected chi connectivity index (χ3v) is 4.32. The van der Waals surface area contributed by atoms with Gasteiger partial charge in [0.15, 0.2) is 0 Å². The molecule has 0 spiro atoms. The highest BCUT2D eigenvalue weighted by Gasteiger charge is 2.21. The molecule has 1 fully saturated rings. The van der Waals surface area contributed by atoms with Gasteiger partial charge in [-0.2, -0.15) is 0 Å². The summed E-state index contributed by atoms with van der Waals surface area (Å²) in [5.74, 6) is -0.969. The Kier molecular flexibility index (Phi) is 4.83. The van der Waals surface area contributed by atoms with Crippen LogP contribution in [0.5, 0.6) is 0 Å². The van der Waals surface area contributed by atoms with Crippen molar-refractivity contribution in [2.24, 2.45) is 0 Å². The summed E-state index contributed by atoms with van der Waals surface area (Å²) in [7, 11) is 0. The van der Waals surface area contributed by atoms with Crippen LogP contribution < -0.4 is 5.56 Å². The van der Waals surface area contributed by atoms with Gasteiger partial charge in [0.25, 0.3) is 5.56 Å². The number of hydrogen-bond donors (Lipinski definition) is 1. The fourth-order valence-corrected chi connectivity index (χ4v) is 3.37. The number of carbonyl (C=O) groups is 1. The number of carboxylic acid groups (broad SMARTS) is 1. The Bertz CT molecular complexity index is 586. The molecule has 1 unspecified atom stereocenters. The topological polar surface area (TPSA) is 62.5 Å². The van der Waals surface area contributed by atoms with Gasteiger partial charge in [-0.05, 0) is 52.3 Å². The van der Waals surface area contributed by atoms with Gasteiger partial charge in [0.05, 0.1) is 5.56 Å². The standard InChI is InChI=1S/C16H24N2O3/c1-11-9-14(19)18(13(3)15(11)16(20)21)12(2)10-17-7-5-4-6-8-17/h9,12H,4-8,10H2,1-3H3,(H,20,21). The van der Waals surface area contributed by atoms with Crippen LogP contribution in [-0.2, 0) is 0 Å². The maximum atomic E-state index is 12.3. The van der Waals surface area contributed by atoms with E-state index in [0.29, 0.717) is 11.3 Å². The lowest BCUT2D eigenvalue weighted by Gasteiger charge is -2.30. The number of pyridine rings is 1. The van der Waals surface area contributed by atoms with Crippen LogP contribution in [0.25, 0.3) is 0 Å². The second-order valence-electron chi connectivity index (χ2n) is 6.01. The van der Waals surface area contributed by atoms with Crippen LogP contribution in [0.4, 0.5) is 0 Å². The summed E-state index contributed by atoms with van der Waals surface area (Å²) < 4.78 is 1.63. The predicted molar refractivity (Wildman–Crippen MR) is 82.1 cm³/mol. The van der Waals surface area contributed by atoms with Crippen molar-refractivity contribution in [1.29, 1.82) is 0 Å². The number of nitrogens with zero attached hydrogens (tertiary/aromatic N) is 2. The molecule has 2 heterocycles. The summed E-state index contributed by atoms with van der Waals surface area (Å²) in [6.45, 7) is 8.32. The molecular formula is C16H24N2O3. The number of piperidine rings is 1. The molecule has 1 atom stereocenters. The highest BCUT2D eigenvalue weighted by Crippen LogP contribution is 2.18. The minimum absolute atomic E-state index is 0.0192. The number of aryl methyl sites for hydroxylation is 1. The summed E-state index contributed by atoms with van der Waals surface area (Å²) in [5, 5.41) is 9.34. The van der Waals surface area contributed by atoms with Crippen LogP contribution in [0, 0.1) is 13.8 Å². The molecule has 0 aromatic carbocycles. The second kappa shape index (κ2) is 6.43. The number of aromatic nitrogens is 1. The fourth-order valence-electron chi connectivity index (χ4n) is 3.37. The maximum absolute atomic E-state index is 12.3. The molecule has 0 aliphatic carbocycles. The summed E-state index contributed by atoms with van der Waals surface area (Å²) >= 11 is 0. The summed E-state index contributed by atoms with van der Waals surface area (Å²) in [6.07, 6.45) is 3.68. The SMILES string of the molecule is Cc1cc(=O)n(C(C)CN2CCCCC2)c(C)c1C(=O)O. The highest BCUT2D eigenvalue weighted by molar-refractivity contribution is 5.90. The first kappa shape index (κ1) is 15.8. The Morgan fingerprint density at radius 3 is 2.48 bits per heavy atom. The van der Waals surface area contributed by atoms with E-state index in [1.807, 2.05) is 6.92 Å². The molecule has 0 amide bonds. The van der Waals surface area contributed by atoms with Gasteiger partial charge in [-0.1, -0.05) is 6.42 Å². The molecule has 1 saturated heterocycles. The molecule has 0 bridgehead atoms. The van der Waals surface area contributed by atoms with E-state index < -0.39 is 5.97 Å². The Morgan fingerprint density at radius 2 is 1.90 bits per heavy atom. The lowest BCUT2D eigenvalue weighted by atomic mass is 10.1. The van der Waals surface area contributed by atoms with Gasteiger partial charge in [0.1, 0.15) is 0 Å². The highest BCUT2D eigenvalue weighted by atomic mass is 16.4. The van der Waals surface area contributed by atoms with Gasteiger partial charge in [0, 0.05) is 24.3 Å². The van der Waals surface area contributed by atoms with Crippen molar-refractivity contribution in [1.82, 2.24) is 9.47 Å². The van der Waals surface area contributed by atoms with Crippen molar-refractivity contribution in [2.75, 3.05) is 19.6 Å². The molecular weight excluding hydrogens is 268 g/mol. The molecule has 1 aromatic rings. The lowest BCUT2D eigenvalue weighted by molar-refractivity contribution is 0.0693. The van der Waals surface area contributed by atoms with E-state index in [1.165, 1.54) is 25.3 Å². The van der Waals surface area contributed by atoms with Gasteiger partial charge in [0.2, 0.25) is 0 Å². The first-order valence-corrected chi connectivity index (χ1v) is 7.60. The first-order chi connectivity index (χ1) is 9.91. The van der Waals surface area contributed by atoms with Gasteiger partial charge in [-0.3, -0.25) is 4.79 Å². The van der Waals surface area contributed by atoms with E-state index in [2.05, 4.69) is 4.90 Å². The van der Waals surface area contributed by atoms with Gasteiger partial charge < -0.3 is 14.6 Å². The van der Waals surface area contributed by atoms with Gasteiger partial charge >= 0.3 is 5.97 Å². The van der Waals surface area contributed by atoms with Crippen LogP contribution in [0.3, 0.4) is 0 Å². The zero-order chi connectivity index (χ0) is 15.6. The normalized spacial score (nSPS) is 17.7. The van der Waals surface area contributed by atoms with Gasteiger partial charge in [-0.15, -0.1) is 0 Å². The summed E-state index contributed by atoms with van der Waals surface area (Å²) in [5.41, 5.74) is 1.23. The smallest absolute Gasteiger partial charge is 0.337 e. The first-order valence-electron chi connectivity index (χ1n) is 7.60. The largest absolute Gasteiger partial charge is 0.478 e. The van der Waals surface area contributed by atoms with Crippen molar-refractivity contribution >= 4 is 5.97 Å². The molecule has 1 N–H and O–H groups in total. The number of rotatable bonds is 4. The predicted octanol–water partition coefficient (Wildman–Crippen LogP) is 2.21. The Morgan fingerprint density at radius 1 is 1.29 bits per heavy atom. The molecule has 21 heavy (non-hydrogen) atoms. The van der Waals surface area contributed by atoms with E-state index in [4.69, 9.17) is 0 Å². The van der Waals surface area contributed by atoms with Crippen LogP contribution in [-0.4, -0.2) is 40.2 Å². The average molecular weight is 292 g/mol. The van der Waals surface area contributed by atoms with Crippen molar-refractivity contribution in [3.05, 3.63) is 33.2 Å². The zero-order valence-electron chi connectivity index (χ0n) is 13.1. The lowest BCUT2D eigenvalue weighted by Crippen LogP contribution is -2.38. The van der Waals surface area contributed by atoms with Crippen LogP contribution >= 0.6 is 0 Å². The second-order valence-corrected chi connectivity index (χ2v) is 6.01. The molecule has 0 radical (unpaired) electrons. The number of likely N-dealkylation sites (tertiary alicyclic amines) is 1. The Hall–Kier alpha value is -1.62. The van der Waals surface area contributed by atoms with Crippen LogP contribution in [0.1, 0.15) is 53.8 Å². The summed E-state index contributed by atoms with van der Waals surface area (Å²) in [4.78, 5) is 26.0. The van der Waals surface area contributed by atoms with Crippen molar-refractivity contribution in [2.45, 2.75) is 46.1 Å². The van der Waals surface area contributed by atoms with Crippen molar-refractivity contribution in [3.8, 4) is 0 Å². The van der Waals surface area contributed by atoms with Crippen molar-refractivity contribution < 1.29 is 9.90 Å². The average Bonchev–Trinajstić information content (AvgIpc) is 2.38. The number of carboxylic acids is 1. The van der Waals surface area contributed by atoms with Gasteiger partial charge in [-0.25, -0.2) is 4.79 Å². The maximum Gasteiger partial charge on any atom is 0.337 e. The molecule has 5 heteroatoms. The fraction of sp³-hybridized carbons (Fsp3) is 0.625. The van der Waals surface area contributed by atoms with Crippen LogP contribution in [0.2, 0.25) is 0 Å². The van der Waals surface area contributed by atoms with E-state index in [0.717, 1.165) is 19.6 Å². The van der Waals surface area contributed by atoms with E-state index in [-0.39, 0.29) is 17.2 Å². The quantitative estimate of drug-likeness (QED) is 0.924. The minimum atomic E-state index is -0.969. The Balaban J connectivity index is 2.31. The zero-order valence-corrected chi connectivity index (χ0v) is 13.1.